The van der Waals surface area contributed by atoms with Gasteiger partial charge in [0.25, 0.3) is 0 Å². The van der Waals surface area contributed by atoms with Crippen molar-refractivity contribution in [1.82, 2.24) is 9.78 Å². The smallest absolute Gasteiger partial charge is 0.248 e. The zero-order valence-electron chi connectivity index (χ0n) is 13.7. The van der Waals surface area contributed by atoms with Crippen molar-refractivity contribution in [3.05, 3.63) is 84.7 Å². The van der Waals surface area contributed by atoms with Crippen LogP contribution in [0.5, 0.6) is 0 Å². The highest BCUT2D eigenvalue weighted by atomic mass is 19.1. The van der Waals surface area contributed by atoms with Gasteiger partial charge in [0, 0.05) is 29.9 Å². The monoisotopic (exact) mass is 334 g/mol. The second kappa shape index (κ2) is 7.13. The second-order valence-corrected chi connectivity index (χ2v) is 5.60. The first-order chi connectivity index (χ1) is 12.0. The fourth-order valence-corrected chi connectivity index (χ4v) is 2.48. The van der Waals surface area contributed by atoms with Crippen molar-refractivity contribution in [1.29, 1.82) is 0 Å². The van der Waals surface area contributed by atoms with E-state index in [1.807, 2.05) is 12.1 Å². The predicted octanol–water partition coefficient (Wildman–Crippen LogP) is 4.06. The van der Waals surface area contributed by atoms with Gasteiger partial charge < -0.3 is 5.32 Å². The van der Waals surface area contributed by atoms with Crippen molar-refractivity contribution >= 4 is 17.7 Å². The van der Waals surface area contributed by atoms with Gasteiger partial charge in [0.05, 0.1) is 11.9 Å². The molecular formula is C20H17FN3O. The molecule has 25 heavy (non-hydrogen) atoms. The maximum Gasteiger partial charge on any atom is 0.248 e. The molecule has 4 nitrogen and oxygen atoms in total. The number of hydrogen-bond donors (Lipinski definition) is 1. The highest BCUT2D eigenvalue weighted by Gasteiger charge is 2.09. The molecule has 0 aliphatic heterocycles. The van der Waals surface area contributed by atoms with Crippen molar-refractivity contribution < 1.29 is 9.18 Å². The molecule has 0 bridgehead atoms. The molecule has 1 N–H and O–H groups in total. The molecule has 0 aliphatic rings. The van der Waals surface area contributed by atoms with Gasteiger partial charge in [-0.2, -0.15) is 5.10 Å². The molecule has 2 aromatic carbocycles. The van der Waals surface area contributed by atoms with Gasteiger partial charge in [0.15, 0.2) is 0 Å². The second-order valence-electron chi connectivity index (χ2n) is 5.60. The average molecular weight is 334 g/mol. The molecule has 0 saturated heterocycles. The van der Waals surface area contributed by atoms with Crippen LogP contribution in [0.4, 0.5) is 10.1 Å². The van der Waals surface area contributed by atoms with Crippen LogP contribution in [0, 0.1) is 12.7 Å². The highest BCUT2D eigenvalue weighted by Crippen LogP contribution is 2.24. The third-order valence-electron chi connectivity index (χ3n) is 3.72. The lowest BCUT2D eigenvalue weighted by molar-refractivity contribution is -0.111. The molecule has 5 heteroatoms. The Morgan fingerprint density at radius 1 is 1.16 bits per heavy atom. The van der Waals surface area contributed by atoms with E-state index in [4.69, 9.17) is 0 Å². The van der Waals surface area contributed by atoms with Gasteiger partial charge in [-0.15, -0.1) is 0 Å². The first-order valence-electron chi connectivity index (χ1n) is 7.72. The van der Waals surface area contributed by atoms with Gasteiger partial charge in [-0.25, -0.2) is 4.39 Å². The van der Waals surface area contributed by atoms with Crippen LogP contribution in [0.2, 0.25) is 0 Å². The Balaban J connectivity index is 1.78. The number of nitrogens with one attached hydrogen (secondary N) is 1. The lowest BCUT2D eigenvalue weighted by atomic mass is 10.1. The van der Waals surface area contributed by atoms with E-state index < -0.39 is 0 Å². The fourth-order valence-electron chi connectivity index (χ4n) is 2.48. The summed E-state index contributed by atoms with van der Waals surface area (Å²) in [6, 6.07) is 13.4. The molecular weight excluding hydrogens is 317 g/mol. The SMILES string of the molecule is [CH2]c1ccc(NC(=O)/C=C/c2cnn(C)c2-c2ccc(F)cc2)cc1. The number of anilines is 1. The van der Waals surface area contributed by atoms with E-state index in [2.05, 4.69) is 17.3 Å². The summed E-state index contributed by atoms with van der Waals surface area (Å²) in [6.45, 7) is 3.80. The number of aromatic nitrogens is 2. The third-order valence-corrected chi connectivity index (χ3v) is 3.72. The van der Waals surface area contributed by atoms with Crippen LogP contribution in [-0.4, -0.2) is 15.7 Å². The molecule has 0 spiro atoms. The maximum absolute atomic E-state index is 13.1. The molecule has 1 radical (unpaired) electrons. The fraction of sp³-hybridized carbons (Fsp3) is 0.0500. The molecule has 1 aromatic heterocycles. The number of nitrogens with zero attached hydrogens (tertiary/aromatic N) is 2. The molecule has 0 atom stereocenters. The molecule has 1 heterocycles. The number of hydrogen-bond acceptors (Lipinski definition) is 2. The summed E-state index contributed by atoms with van der Waals surface area (Å²) in [5, 5.41) is 7.00. The van der Waals surface area contributed by atoms with E-state index in [0.717, 1.165) is 22.4 Å². The molecule has 3 rings (SSSR count). The first kappa shape index (κ1) is 16.6. The molecule has 1 amide bonds. The number of rotatable bonds is 4. The van der Waals surface area contributed by atoms with E-state index >= 15 is 0 Å². The summed E-state index contributed by atoms with van der Waals surface area (Å²) in [6.07, 6.45) is 4.80. The van der Waals surface area contributed by atoms with Crippen molar-refractivity contribution in [2.45, 2.75) is 0 Å². The minimum Gasteiger partial charge on any atom is -0.323 e. The predicted molar refractivity (Wildman–Crippen MR) is 97.2 cm³/mol. The van der Waals surface area contributed by atoms with Crippen LogP contribution < -0.4 is 5.32 Å². The minimum absolute atomic E-state index is 0.245. The maximum atomic E-state index is 13.1. The summed E-state index contributed by atoms with van der Waals surface area (Å²) >= 11 is 0. The van der Waals surface area contributed by atoms with Gasteiger partial charge >= 0.3 is 0 Å². The van der Waals surface area contributed by atoms with Crippen LogP contribution >= 0.6 is 0 Å². The van der Waals surface area contributed by atoms with E-state index in [9.17, 15) is 9.18 Å². The first-order valence-corrected chi connectivity index (χ1v) is 7.72. The van der Waals surface area contributed by atoms with Crippen LogP contribution in [0.1, 0.15) is 11.1 Å². The van der Waals surface area contributed by atoms with Gasteiger partial charge in [0.1, 0.15) is 5.82 Å². The van der Waals surface area contributed by atoms with Gasteiger partial charge in [-0.3, -0.25) is 9.48 Å². The number of aryl methyl sites for hydroxylation is 1. The van der Waals surface area contributed by atoms with Crippen molar-refractivity contribution in [2.24, 2.45) is 7.05 Å². The van der Waals surface area contributed by atoms with Crippen LogP contribution in [-0.2, 0) is 11.8 Å². The molecule has 0 fully saturated rings. The Labute approximate surface area is 145 Å². The van der Waals surface area contributed by atoms with E-state index in [1.54, 1.807) is 48.3 Å². The number of amides is 1. The summed E-state index contributed by atoms with van der Waals surface area (Å²) in [5.41, 5.74) is 4.00. The van der Waals surface area contributed by atoms with E-state index in [1.165, 1.54) is 18.2 Å². The van der Waals surface area contributed by atoms with Gasteiger partial charge in [-0.1, -0.05) is 12.1 Å². The minimum atomic E-state index is -0.296. The van der Waals surface area contributed by atoms with Crippen molar-refractivity contribution in [2.75, 3.05) is 5.32 Å². The summed E-state index contributed by atoms with van der Waals surface area (Å²) < 4.78 is 14.8. The van der Waals surface area contributed by atoms with Gasteiger partial charge in [-0.05, 0) is 55.0 Å². The van der Waals surface area contributed by atoms with E-state index in [-0.39, 0.29) is 11.7 Å². The third kappa shape index (κ3) is 4.01. The number of carbonyl (C=O) groups is 1. The van der Waals surface area contributed by atoms with Crippen molar-refractivity contribution in [3.63, 3.8) is 0 Å². The number of carbonyl (C=O) groups excluding carboxylic acids is 1. The Morgan fingerprint density at radius 2 is 1.84 bits per heavy atom. The quantitative estimate of drug-likeness (QED) is 0.731. The molecule has 3 aromatic rings. The zero-order valence-corrected chi connectivity index (χ0v) is 13.7. The highest BCUT2D eigenvalue weighted by molar-refractivity contribution is 6.02. The van der Waals surface area contributed by atoms with Crippen LogP contribution in [0.3, 0.4) is 0 Å². The molecule has 0 aliphatic carbocycles. The number of halogens is 1. The molecule has 0 saturated carbocycles. The Morgan fingerprint density at radius 3 is 2.52 bits per heavy atom. The van der Waals surface area contributed by atoms with Crippen LogP contribution in [0.25, 0.3) is 17.3 Å². The Hall–Kier alpha value is -3.21. The zero-order chi connectivity index (χ0) is 17.8. The summed E-state index contributed by atoms with van der Waals surface area (Å²) in [7, 11) is 1.80. The molecule has 0 unspecified atom stereocenters. The standard InChI is InChI=1S/C20H17FN3O/c1-14-3-10-18(11-4-14)23-19(25)12-7-16-13-22-24(2)20(16)15-5-8-17(21)9-6-15/h3-13H,1H2,2H3,(H,23,25)/b12-7+. The average Bonchev–Trinajstić information content (AvgIpc) is 2.97. The topological polar surface area (TPSA) is 46.9 Å². The lowest BCUT2D eigenvalue weighted by Gasteiger charge is -2.05. The number of benzene rings is 2. The largest absolute Gasteiger partial charge is 0.323 e. The Bertz CT molecular complexity index is 909. The van der Waals surface area contributed by atoms with Gasteiger partial charge in [0.2, 0.25) is 5.91 Å². The van der Waals surface area contributed by atoms with E-state index in [0.29, 0.717) is 5.69 Å². The molecule has 125 valence electrons. The van der Waals surface area contributed by atoms with Crippen LogP contribution in [0.15, 0.2) is 60.8 Å². The lowest BCUT2D eigenvalue weighted by Crippen LogP contribution is -2.07. The Kier molecular flexibility index (Phi) is 4.75. The summed E-state index contributed by atoms with van der Waals surface area (Å²) in [4.78, 5) is 12.1. The van der Waals surface area contributed by atoms with Crippen molar-refractivity contribution in [3.8, 4) is 11.3 Å². The summed E-state index contributed by atoms with van der Waals surface area (Å²) in [5.74, 6) is -0.540. The normalized spacial score (nSPS) is 11.0.